The third-order valence-electron chi connectivity index (χ3n) is 3.44. The van der Waals surface area contributed by atoms with Gasteiger partial charge in [0.25, 0.3) is 0 Å². The monoisotopic (exact) mass is 345 g/mol. The summed E-state index contributed by atoms with van der Waals surface area (Å²) in [5.74, 6) is -0.263. The van der Waals surface area contributed by atoms with Crippen LogP contribution < -0.4 is 5.32 Å². The maximum Gasteiger partial charge on any atom is 0.230 e. The van der Waals surface area contributed by atoms with Crippen LogP contribution in [0.25, 0.3) is 10.6 Å². The zero-order valence-corrected chi connectivity index (χ0v) is 13.6. The molecule has 124 valence electrons. The Morgan fingerprint density at radius 3 is 2.83 bits per heavy atom. The molecule has 2 heterocycles. The molecule has 2 aromatic heterocycles. The maximum atomic E-state index is 13.6. The number of aliphatic hydroxyl groups is 1. The number of hydrogen-bond donors (Lipinski definition) is 2. The number of benzene rings is 1. The van der Waals surface area contributed by atoms with Crippen molar-refractivity contribution in [3.63, 3.8) is 0 Å². The van der Waals surface area contributed by atoms with Gasteiger partial charge in [0.05, 0.1) is 24.4 Å². The Labute approximate surface area is 142 Å². The highest BCUT2D eigenvalue weighted by atomic mass is 32.1. The summed E-state index contributed by atoms with van der Waals surface area (Å²) < 4.78 is 15.2. The van der Waals surface area contributed by atoms with Gasteiger partial charge in [-0.1, -0.05) is 24.3 Å². The second-order valence-corrected chi connectivity index (χ2v) is 6.10. The van der Waals surface area contributed by atoms with E-state index in [1.165, 1.54) is 22.1 Å². The van der Waals surface area contributed by atoms with E-state index >= 15 is 0 Å². The van der Waals surface area contributed by atoms with Crippen molar-refractivity contribution in [2.24, 2.45) is 0 Å². The van der Waals surface area contributed by atoms with Crippen molar-refractivity contribution in [1.82, 2.24) is 9.78 Å². The van der Waals surface area contributed by atoms with E-state index in [9.17, 15) is 9.18 Å². The van der Waals surface area contributed by atoms with E-state index in [0.29, 0.717) is 11.4 Å². The quantitative estimate of drug-likeness (QED) is 0.722. The molecule has 0 aliphatic rings. The van der Waals surface area contributed by atoms with E-state index in [1.807, 2.05) is 17.5 Å². The lowest BCUT2D eigenvalue weighted by atomic mass is 10.1. The van der Waals surface area contributed by atoms with Gasteiger partial charge < -0.3 is 10.4 Å². The predicted molar refractivity (Wildman–Crippen MR) is 91.4 cm³/mol. The molecule has 0 spiro atoms. The summed E-state index contributed by atoms with van der Waals surface area (Å²) in [4.78, 5) is 13.2. The fourth-order valence-corrected chi connectivity index (χ4v) is 3.01. The Bertz CT molecular complexity index is 830. The summed E-state index contributed by atoms with van der Waals surface area (Å²) in [5.41, 5.74) is 1.06. The topological polar surface area (TPSA) is 67.2 Å². The van der Waals surface area contributed by atoms with Gasteiger partial charge in [-0.25, -0.2) is 9.07 Å². The lowest BCUT2D eigenvalue weighted by Gasteiger charge is -2.08. The van der Waals surface area contributed by atoms with Gasteiger partial charge in [-0.3, -0.25) is 4.79 Å². The molecule has 1 aromatic carbocycles. The highest BCUT2D eigenvalue weighted by molar-refractivity contribution is 7.13. The Hall–Kier alpha value is -2.51. The molecule has 0 unspecified atom stereocenters. The number of hydrogen-bond acceptors (Lipinski definition) is 4. The van der Waals surface area contributed by atoms with E-state index < -0.39 is 5.82 Å². The van der Waals surface area contributed by atoms with Gasteiger partial charge in [-0.05, 0) is 23.1 Å². The van der Waals surface area contributed by atoms with E-state index in [0.717, 1.165) is 10.6 Å². The number of carbonyl (C=O) groups excluding carboxylic acids is 1. The van der Waals surface area contributed by atoms with Crippen molar-refractivity contribution in [2.45, 2.75) is 13.0 Å². The molecule has 0 saturated heterocycles. The Balaban J connectivity index is 1.78. The van der Waals surface area contributed by atoms with Crippen molar-refractivity contribution in [2.75, 3.05) is 11.9 Å². The molecule has 5 nitrogen and oxygen atoms in total. The third-order valence-corrected chi connectivity index (χ3v) is 4.33. The summed E-state index contributed by atoms with van der Waals surface area (Å²) in [5, 5.41) is 18.3. The molecule has 0 saturated carbocycles. The first-order valence-corrected chi connectivity index (χ1v) is 8.31. The number of halogens is 1. The summed E-state index contributed by atoms with van der Waals surface area (Å²) in [6.07, 6.45) is -0.0642. The second-order valence-electron chi connectivity index (χ2n) is 5.16. The summed E-state index contributed by atoms with van der Waals surface area (Å²) in [7, 11) is 0. The van der Waals surface area contributed by atoms with Crippen LogP contribution in [0.4, 0.5) is 10.2 Å². The van der Waals surface area contributed by atoms with Gasteiger partial charge in [-0.2, -0.15) is 5.10 Å². The van der Waals surface area contributed by atoms with Crippen LogP contribution in [0.15, 0.2) is 47.8 Å². The van der Waals surface area contributed by atoms with Gasteiger partial charge in [0.1, 0.15) is 17.3 Å². The number of aromatic nitrogens is 2. The van der Waals surface area contributed by atoms with Crippen molar-refractivity contribution >= 4 is 23.1 Å². The van der Waals surface area contributed by atoms with Crippen molar-refractivity contribution in [1.29, 1.82) is 0 Å². The molecule has 0 aliphatic carbocycles. The minimum atomic E-state index is -0.407. The van der Waals surface area contributed by atoms with Crippen LogP contribution in [0.3, 0.4) is 0 Å². The second kappa shape index (κ2) is 7.37. The molecule has 0 fully saturated rings. The average Bonchev–Trinajstić information content (AvgIpc) is 3.20. The Morgan fingerprint density at radius 1 is 1.29 bits per heavy atom. The first-order valence-electron chi connectivity index (χ1n) is 7.43. The Morgan fingerprint density at radius 2 is 2.12 bits per heavy atom. The number of thiophene rings is 1. The van der Waals surface area contributed by atoms with Gasteiger partial charge in [0.15, 0.2) is 0 Å². The molecular formula is C17H16FN3O2S. The van der Waals surface area contributed by atoms with Gasteiger partial charge >= 0.3 is 0 Å². The van der Waals surface area contributed by atoms with Crippen LogP contribution >= 0.6 is 11.3 Å². The highest BCUT2D eigenvalue weighted by Gasteiger charge is 2.14. The molecule has 0 atom stereocenters. The summed E-state index contributed by atoms with van der Waals surface area (Å²) >= 11 is 1.54. The van der Waals surface area contributed by atoms with Crippen LogP contribution in [0, 0.1) is 5.82 Å². The van der Waals surface area contributed by atoms with Crippen LogP contribution in [-0.2, 0) is 17.8 Å². The number of nitrogens with zero attached hydrogens (tertiary/aromatic N) is 2. The maximum absolute atomic E-state index is 13.6. The van der Waals surface area contributed by atoms with Crippen molar-refractivity contribution in [3.8, 4) is 10.6 Å². The number of rotatable bonds is 6. The third kappa shape index (κ3) is 3.69. The zero-order valence-electron chi connectivity index (χ0n) is 12.8. The minimum absolute atomic E-state index is 0.0642. The molecule has 7 heteroatoms. The number of nitrogens with one attached hydrogen (secondary N) is 1. The number of amides is 1. The van der Waals surface area contributed by atoms with Crippen molar-refractivity contribution in [3.05, 3.63) is 59.2 Å². The average molecular weight is 345 g/mol. The van der Waals surface area contributed by atoms with Gasteiger partial charge in [0, 0.05) is 6.07 Å². The molecule has 24 heavy (non-hydrogen) atoms. The lowest BCUT2D eigenvalue weighted by molar-refractivity contribution is -0.115. The first-order chi connectivity index (χ1) is 11.7. The van der Waals surface area contributed by atoms with Gasteiger partial charge in [-0.15, -0.1) is 11.3 Å². The van der Waals surface area contributed by atoms with E-state index in [4.69, 9.17) is 5.11 Å². The van der Waals surface area contributed by atoms with Crippen LogP contribution in [-0.4, -0.2) is 27.4 Å². The lowest BCUT2D eigenvalue weighted by Crippen LogP contribution is -2.18. The van der Waals surface area contributed by atoms with Crippen molar-refractivity contribution < 1.29 is 14.3 Å². The predicted octanol–water partition coefficient (Wildman–Crippen LogP) is 2.92. The van der Waals surface area contributed by atoms with E-state index in [2.05, 4.69) is 10.4 Å². The molecule has 3 aromatic rings. The first kappa shape index (κ1) is 16.4. The van der Waals surface area contributed by atoms with Gasteiger partial charge in [0.2, 0.25) is 5.91 Å². The van der Waals surface area contributed by atoms with Crippen LogP contribution in [0.2, 0.25) is 0 Å². The van der Waals surface area contributed by atoms with E-state index in [1.54, 1.807) is 24.3 Å². The van der Waals surface area contributed by atoms with Crippen LogP contribution in [0.5, 0.6) is 0 Å². The molecule has 3 rings (SSSR count). The summed E-state index contributed by atoms with van der Waals surface area (Å²) in [6, 6.07) is 11.8. The zero-order chi connectivity index (χ0) is 16.9. The largest absolute Gasteiger partial charge is 0.394 e. The molecule has 0 radical (unpaired) electrons. The highest BCUT2D eigenvalue weighted by Crippen LogP contribution is 2.26. The smallest absolute Gasteiger partial charge is 0.230 e. The molecule has 0 bridgehead atoms. The molecule has 0 aliphatic heterocycles. The molecular weight excluding hydrogens is 329 g/mol. The molecule has 1 amide bonds. The minimum Gasteiger partial charge on any atom is -0.394 e. The van der Waals surface area contributed by atoms with E-state index in [-0.39, 0.29) is 25.5 Å². The fraction of sp³-hybridized carbons (Fsp3) is 0.176. The summed E-state index contributed by atoms with van der Waals surface area (Å²) in [6.45, 7) is 0.169. The standard InChI is InChI=1S/C17H16FN3O2S/c18-13-5-2-1-4-12(13)10-17(23)19-16-11-14(15-6-3-9-24-15)20-21(16)7-8-22/h1-6,9,11,22H,7-8,10H2,(H,19,23). The fourth-order valence-electron chi connectivity index (χ4n) is 2.33. The number of anilines is 1. The normalized spacial score (nSPS) is 10.8. The van der Waals surface area contributed by atoms with Crippen LogP contribution in [0.1, 0.15) is 5.56 Å². The molecule has 2 N–H and O–H groups in total. The number of carbonyl (C=O) groups is 1. The SMILES string of the molecule is O=C(Cc1ccccc1F)Nc1cc(-c2cccs2)nn1CCO. The Kier molecular flexibility index (Phi) is 5.02. The number of aliphatic hydroxyl groups excluding tert-OH is 1.